The molecule has 17 heavy (non-hydrogen) atoms. The van der Waals surface area contributed by atoms with E-state index in [4.69, 9.17) is 0 Å². The first-order chi connectivity index (χ1) is 8.15. The molecule has 1 heterocycles. The highest BCUT2D eigenvalue weighted by Crippen LogP contribution is 2.15. The minimum atomic E-state index is -0.223. The molecule has 0 bridgehead atoms. The van der Waals surface area contributed by atoms with Crippen molar-refractivity contribution in [2.75, 3.05) is 39.0 Å². The lowest BCUT2D eigenvalue weighted by atomic mass is 10.3. The Labute approximate surface area is 106 Å². The van der Waals surface area contributed by atoms with E-state index in [1.165, 1.54) is 18.9 Å². The zero-order valence-electron chi connectivity index (χ0n) is 10.4. The average Bonchev–Trinajstić information content (AvgIpc) is 2.38. The Morgan fingerprint density at radius 2 is 2.06 bits per heavy atom. The fraction of sp³-hybridized carbons (Fsp3) is 0.818. The second-order valence-electron chi connectivity index (χ2n) is 3.91. The minimum Gasteiger partial charge on any atom is -0.469 e. The van der Waals surface area contributed by atoms with Crippen LogP contribution in [0, 0.1) is 0 Å². The fourth-order valence-corrected chi connectivity index (χ4v) is 2.56. The Balaban J connectivity index is 2.23. The van der Waals surface area contributed by atoms with Crippen molar-refractivity contribution in [1.82, 2.24) is 10.2 Å². The Morgan fingerprint density at radius 3 is 2.65 bits per heavy atom. The molecule has 1 saturated heterocycles. The van der Waals surface area contributed by atoms with Crippen LogP contribution in [-0.4, -0.2) is 61.1 Å². The quantitative estimate of drug-likeness (QED) is 0.711. The van der Waals surface area contributed by atoms with Gasteiger partial charge in [0.05, 0.1) is 18.8 Å². The molecular formula is C11H20N2O3S. The molecule has 1 N–H and O–H groups in total. The number of nitrogens with zero attached hydrogens (tertiary/aromatic N) is 1. The predicted molar refractivity (Wildman–Crippen MR) is 68.0 cm³/mol. The smallest absolute Gasteiger partial charge is 0.306 e. The summed E-state index contributed by atoms with van der Waals surface area (Å²) in [5.41, 5.74) is 0. The van der Waals surface area contributed by atoms with E-state index in [0.717, 1.165) is 26.2 Å². The zero-order chi connectivity index (χ0) is 12.7. The largest absolute Gasteiger partial charge is 0.469 e. The number of rotatable bonds is 5. The van der Waals surface area contributed by atoms with Crippen molar-refractivity contribution in [3.8, 4) is 0 Å². The third-order valence-electron chi connectivity index (χ3n) is 2.68. The van der Waals surface area contributed by atoms with Gasteiger partial charge >= 0.3 is 5.97 Å². The Hall–Kier alpha value is -0.750. The van der Waals surface area contributed by atoms with Crippen LogP contribution < -0.4 is 5.32 Å². The standard InChI is InChI=1S/C11H20N2O3S/c1-9(17-8-3-10(14)16-2)11(15)13-6-4-12-5-7-13/h9,12H,3-8H2,1-2H3. The van der Waals surface area contributed by atoms with Crippen molar-refractivity contribution >= 4 is 23.6 Å². The Kier molecular flexibility index (Phi) is 6.36. The van der Waals surface area contributed by atoms with Crippen LogP contribution in [0.4, 0.5) is 0 Å². The van der Waals surface area contributed by atoms with Gasteiger partial charge in [-0.1, -0.05) is 0 Å². The van der Waals surface area contributed by atoms with Crippen LogP contribution in [0.15, 0.2) is 0 Å². The molecule has 1 aliphatic heterocycles. The molecule has 1 unspecified atom stereocenters. The number of ether oxygens (including phenoxy) is 1. The van der Waals surface area contributed by atoms with Gasteiger partial charge in [-0.15, -0.1) is 11.8 Å². The van der Waals surface area contributed by atoms with E-state index in [9.17, 15) is 9.59 Å². The summed E-state index contributed by atoms with van der Waals surface area (Å²) in [4.78, 5) is 24.8. The molecular weight excluding hydrogens is 240 g/mol. The van der Waals surface area contributed by atoms with Gasteiger partial charge in [0.15, 0.2) is 0 Å². The predicted octanol–water partition coefficient (Wildman–Crippen LogP) is 0.103. The van der Waals surface area contributed by atoms with Gasteiger partial charge in [0.25, 0.3) is 0 Å². The van der Waals surface area contributed by atoms with Gasteiger partial charge in [-0.3, -0.25) is 9.59 Å². The van der Waals surface area contributed by atoms with Crippen LogP contribution in [0.5, 0.6) is 0 Å². The van der Waals surface area contributed by atoms with Gasteiger partial charge in [0.1, 0.15) is 0 Å². The molecule has 0 aromatic carbocycles. The van der Waals surface area contributed by atoms with Crippen LogP contribution in [-0.2, 0) is 14.3 Å². The van der Waals surface area contributed by atoms with E-state index in [0.29, 0.717) is 12.2 Å². The van der Waals surface area contributed by atoms with Gasteiger partial charge in [-0.05, 0) is 6.92 Å². The lowest BCUT2D eigenvalue weighted by Gasteiger charge is -2.29. The van der Waals surface area contributed by atoms with Crippen molar-refractivity contribution in [2.45, 2.75) is 18.6 Å². The van der Waals surface area contributed by atoms with Crippen LogP contribution >= 0.6 is 11.8 Å². The van der Waals surface area contributed by atoms with E-state index < -0.39 is 0 Å². The van der Waals surface area contributed by atoms with E-state index >= 15 is 0 Å². The zero-order valence-corrected chi connectivity index (χ0v) is 11.2. The summed E-state index contributed by atoms with van der Waals surface area (Å²) in [7, 11) is 1.38. The summed E-state index contributed by atoms with van der Waals surface area (Å²) in [5.74, 6) is 0.576. The number of thioether (sulfide) groups is 1. The molecule has 1 rings (SSSR count). The monoisotopic (exact) mass is 260 g/mol. The molecule has 1 atom stereocenters. The van der Waals surface area contributed by atoms with E-state index in [-0.39, 0.29) is 17.1 Å². The molecule has 0 saturated carbocycles. The first kappa shape index (κ1) is 14.3. The maximum atomic E-state index is 12.0. The minimum absolute atomic E-state index is 0.0854. The first-order valence-electron chi connectivity index (χ1n) is 5.83. The summed E-state index contributed by atoms with van der Waals surface area (Å²) in [6.45, 7) is 5.18. The summed E-state index contributed by atoms with van der Waals surface area (Å²) in [5, 5.41) is 3.13. The Morgan fingerprint density at radius 1 is 1.41 bits per heavy atom. The third kappa shape index (κ3) is 4.95. The second kappa shape index (κ2) is 7.55. The maximum Gasteiger partial charge on any atom is 0.306 e. The molecule has 0 aliphatic carbocycles. The third-order valence-corrected chi connectivity index (χ3v) is 3.82. The van der Waals surface area contributed by atoms with Crippen LogP contribution in [0.1, 0.15) is 13.3 Å². The molecule has 98 valence electrons. The number of piperazine rings is 1. The van der Waals surface area contributed by atoms with Gasteiger partial charge in [-0.25, -0.2) is 0 Å². The molecule has 6 heteroatoms. The highest BCUT2D eigenvalue weighted by molar-refractivity contribution is 8.00. The number of esters is 1. The van der Waals surface area contributed by atoms with E-state index in [2.05, 4.69) is 10.1 Å². The molecule has 1 aliphatic rings. The summed E-state index contributed by atoms with van der Waals surface area (Å²) >= 11 is 1.51. The first-order valence-corrected chi connectivity index (χ1v) is 6.88. The highest BCUT2D eigenvalue weighted by atomic mass is 32.2. The highest BCUT2D eigenvalue weighted by Gasteiger charge is 2.22. The number of nitrogens with one attached hydrogen (secondary N) is 1. The lowest BCUT2D eigenvalue weighted by Crippen LogP contribution is -2.48. The molecule has 0 aromatic rings. The van der Waals surface area contributed by atoms with Crippen molar-refractivity contribution in [3.63, 3.8) is 0 Å². The summed E-state index contributed by atoms with van der Waals surface area (Å²) < 4.78 is 4.55. The van der Waals surface area contributed by atoms with Gasteiger partial charge < -0.3 is 15.0 Å². The van der Waals surface area contributed by atoms with E-state index in [1.54, 1.807) is 0 Å². The maximum absolute atomic E-state index is 12.0. The molecule has 0 spiro atoms. The normalized spacial score (nSPS) is 17.6. The van der Waals surface area contributed by atoms with Crippen molar-refractivity contribution in [1.29, 1.82) is 0 Å². The molecule has 1 fully saturated rings. The number of carbonyl (C=O) groups is 2. The summed E-state index contributed by atoms with van der Waals surface area (Å²) in [6, 6.07) is 0. The van der Waals surface area contributed by atoms with Crippen molar-refractivity contribution in [2.24, 2.45) is 0 Å². The van der Waals surface area contributed by atoms with Crippen LogP contribution in [0.25, 0.3) is 0 Å². The lowest BCUT2D eigenvalue weighted by molar-refractivity contribution is -0.140. The fourth-order valence-electron chi connectivity index (χ4n) is 1.63. The molecule has 5 nitrogen and oxygen atoms in total. The molecule has 0 radical (unpaired) electrons. The van der Waals surface area contributed by atoms with Crippen molar-refractivity contribution in [3.05, 3.63) is 0 Å². The molecule has 1 amide bonds. The molecule has 0 aromatic heterocycles. The van der Waals surface area contributed by atoms with E-state index in [1.807, 2.05) is 11.8 Å². The van der Waals surface area contributed by atoms with Gasteiger partial charge in [-0.2, -0.15) is 0 Å². The number of methoxy groups -OCH3 is 1. The average molecular weight is 260 g/mol. The van der Waals surface area contributed by atoms with Crippen LogP contribution in [0.3, 0.4) is 0 Å². The van der Waals surface area contributed by atoms with Gasteiger partial charge in [0.2, 0.25) is 5.91 Å². The van der Waals surface area contributed by atoms with Crippen LogP contribution in [0.2, 0.25) is 0 Å². The van der Waals surface area contributed by atoms with Gasteiger partial charge in [0, 0.05) is 31.9 Å². The number of amides is 1. The number of carbonyl (C=O) groups excluding carboxylic acids is 2. The number of hydrogen-bond donors (Lipinski definition) is 1. The number of hydrogen-bond acceptors (Lipinski definition) is 5. The van der Waals surface area contributed by atoms with Crippen molar-refractivity contribution < 1.29 is 14.3 Å². The topological polar surface area (TPSA) is 58.6 Å². The Bertz CT molecular complexity index is 267. The summed E-state index contributed by atoms with van der Waals surface area (Å²) in [6.07, 6.45) is 0.361. The SMILES string of the molecule is COC(=O)CCSC(C)C(=O)N1CCNCC1. The second-order valence-corrected chi connectivity index (χ2v) is 5.36.